The molecule has 1 saturated heterocycles. The molecule has 0 bridgehead atoms. The minimum Gasteiger partial charge on any atom is -0.464 e. The van der Waals surface area contributed by atoms with E-state index in [1.165, 1.54) is 7.11 Å². The monoisotopic (exact) mass is 330 g/mol. The largest absolute Gasteiger partial charge is 0.464 e. The number of hydrogen-bond acceptors (Lipinski definition) is 5. The van der Waals surface area contributed by atoms with Crippen molar-refractivity contribution in [3.05, 3.63) is 30.0 Å². The van der Waals surface area contributed by atoms with Gasteiger partial charge in [0.1, 0.15) is 5.58 Å². The first kappa shape index (κ1) is 16.2. The Morgan fingerprint density at radius 1 is 1.42 bits per heavy atom. The van der Waals surface area contributed by atoms with Gasteiger partial charge in [-0.15, -0.1) is 0 Å². The van der Waals surface area contributed by atoms with Gasteiger partial charge in [0.25, 0.3) is 0 Å². The molecule has 0 saturated carbocycles. The van der Waals surface area contributed by atoms with Crippen molar-refractivity contribution in [2.75, 3.05) is 19.0 Å². The van der Waals surface area contributed by atoms with Crippen molar-refractivity contribution in [2.45, 2.75) is 25.2 Å². The third-order valence-electron chi connectivity index (χ3n) is 4.04. The maximum Gasteiger partial charge on any atom is 0.234 e. The van der Waals surface area contributed by atoms with Crippen molar-refractivity contribution in [1.29, 1.82) is 0 Å². The van der Waals surface area contributed by atoms with E-state index in [9.17, 15) is 14.4 Å². The van der Waals surface area contributed by atoms with Gasteiger partial charge in [-0.05, 0) is 24.6 Å². The van der Waals surface area contributed by atoms with E-state index >= 15 is 0 Å². The van der Waals surface area contributed by atoms with Gasteiger partial charge >= 0.3 is 0 Å². The van der Waals surface area contributed by atoms with Crippen LogP contribution in [0.5, 0.6) is 0 Å². The van der Waals surface area contributed by atoms with Gasteiger partial charge in [-0.25, -0.2) is 0 Å². The SMILES string of the molecule is COCCC(=O)Nc1ccc2occ(C3CCC(=O)NC3=O)c2c1. The van der Waals surface area contributed by atoms with E-state index in [1.54, 1.807) is 24.5 Å². The summed E-state index contributed by atoms with van der Waals surface area (Å²) in [5.74, 6) is -1.15. The molecule has 0 radical (unpaired) electrons. The van der Waals surface area contributed by atoms with Crippen LogP contribution >= 0.6 is 0 Å². The van der Waals surface area contributed by atoms with Crippen LogP contribution in [0.3, 0.4) is 0 Å². The van der Waals surface area contributed by atoms with Gasteiger partial charge in [0.05, 0.1) is 25.2 Å². The Labute approximate surface area is 138 Å². The molecule has 126 valence electrons. The molecular formula is C17H18N2O5. The second kappa shape index (κ2) is 6.84. The zero-order valence-electron chi connectivity index (χ0n) is 13.3. The lowest BCUT2D eigenvalue weighted by atomic mass is 9.90. The number of rotatable bonds is 5. The van der Waals surface area contributed by atoms with Crippen molar-refractivity contribution in [2.24, 2.45) is 0 Å². The van der Waals surface area contributed by atoms with E-state index in [4.69, 9.17) is 9.15 Å². The topological polar surface area (TPSA) is 97.6 Å². The fraction of sp³-hybridized carbons (Fsp3) is 0.353. The minimum atomic E-state index is -0.427. The van der Waals surface area contributed by atoms with Crippen LogP contribution in [-0.4, -0.2) is 31.4 Å². The highest BCUT2D eigenvalue weighted by molar-refractivity contribution is 6.03. The number of amides is 3. The molecule has 24 heavy (non-hydrogen) atoms. The van der Waals surface area contributed by atoms with E-state index in [2.05, 4.69) is 10.6 Å². The van der Waals surface area contributed by atoms with Crippen molar-refractivity contribution in [3.63, 3.8) is 0 Å². The second-order valence-electron chi connectivity index (χ2n) is 5.70. The molecular weight excluding hydrogens is 312 g/mol. The predicted octanol–water partition coefficient (Wildman–Crippen LogP) is 1.93. The molecule has 2 N–H and O–H groups in total. The summed E-state index contributed by atoms with van der Waals surface area (Å²) in [5, 5.41) is 5.90. The zero-order valence-corrected chi connectivity index (χ0v) is 13.3. The molecule has 7 nitrogen and oxygen atoms in total. The van der Waals surface area contributed by atoms with Crippen molar-refractivity contribution >= 4 is 34.4 Å². The van der Waals surface area contributed by atoms with Gasteiger partial charge in [-0.3, -0.25) is 19.7 Å². The van der Waals surface area contributed by atoms with Crippen LogP contribution < -0.4 is 10.6 Å². The number of ether oxygens (including phenoxy) is 1. The fourth-order valence-electron chi connectivity index (χ4n) is 2.80. The smallest absolute Gasteiger partial charge is 0.234 e. The molecule has 1 unspecified atom stereocenters. The Morgan fingerprint density at radius 3 is 3.00 bits per heavy atom. The third kappa shape index (κ3) is 3.30. The first-order valence-corrected chi connectivity index (χ1v) is 7.72. The van der Waals surface area contributed by atoms with Crippen LogP contribution in [0.4, 0.5) is 5.69 Å². The lowest BCUT2D eigenvalue weighted by Gasteiger charge is -2.19. The highest BCUT2D eigenvalue weighted by Crippen LogP contribution is 2.33. The van der Waals surface area contributed by atoms with Gasteiger partial charge < -0.3 is 14.5 Å². The van der Waals surface area contributed by atoms with Crippen LogP contribution in [0.15, 0.2) is 28.9 Å². The van der Waals surface area contributed by atoms with Crippen molar-refractivity contribution in [3.8, 4) is 0 Å². The summed E-state index contributed by atoms with van der Waals surface area (Å²) in [6.07, 6.45) is 2.56. The molecule has 0 spiro atoms. The van der Waals surface area contributed by atoms with Crippen LogP contribution in [0.1, 0.15) is 30.7 Å². The van der Waals surface area contributed by atoms with Crippen LogP contribution in [0, 0.1) is 0 Å². The van der Waals surface area contributed by atoms with E-state index in [0.717, 1.165) is 10.9 Å². The summed E-state index contributed by atoms with van der Waals surface area (Å²) in [6.45, 7) is 0.349. The van der Waals surface area contributed by atoms with Crippen molar-refractivity contribution in [1.82, 2.24) is 5.32 Å². The Kier molecular flexibility index (Phi) is 4.61. The quantitative estimate of drug-likeness (QED) is 0.816. The molecule has 1 aliphatic heterocycles. The average molecular weight is 330 g/mol. The number of benzene rings is 1. The number of furan rings is 1. The molecule has 1 aromatic carbocycles. The molecule has 2 heterocycles. The number of methoxy groups -OCH3 is 1. The fourth-order valence-corrected chi connectivity index (χ4v) is 2.80. The van der Waals surface area contributed by atoms with E-state index in [-0.39, 0.29) is 24.1 Å². The summed E-state index contributed by atoms with van der Waals surface area (Å²) in [5.41, 5.74) is 1.98. The number of nitrogens with one attached hydrogen (secondary N) is 2. The number of carbonyl (C=O) groups is 3. The highest BCUT2D eigenvalue weighted by Gasteiger charge is 2.30. The summed E-state index contributed by atoms with van der Waals surface area (Å²) < 4.78 is 10.4. The molecule has 3 amide bonds. The normalized spacial score (nSPS) is 17.8. The number of piperidine rings is 1. The van der Waals surface area contributed by atoms with Gasteiger partial charge in [-0.1, -0.05) is 0 Å². The summed E-state index contributed by atoms with van der Waals surface area (Å²) in [7, 11) is 1.54. The van der Waals surface area contributed by atoms with Gasteiger partial charge in [0.2, 0.25) is 17.7 Å². The zero-order chi connectivity index (χ0) is 17.1. The minimum absolute atomic E-state index is 0.151. The summed E-state index contributed by atoms with van der Waals surface area (Å²) >= 11 is 0. The second-order valence-corrected chi connectivity index (χ2v) is 5.70. The Hall–Kier alpha value is -2.67. The molecule has 1 aromatic heterocycles. The average Bonchev–Trinajstić information content (AvgIpc) is 2.96. The number of anilines is 1. The van der Waals surface area contributed by atoms with E-state index in [0.29, 0.717) is 30.7 Å². The van der Waals surface area contributed by atoms with Crippen LogP contribution in [0.2, 0.25) is 0 Å². The summed E-state index contributed by atoms with van der Waals surface area (Å²) in [4.78, 5) is 35.2. The molecule has 2 aromatic rings. The van der Waals surface area contributed by atoms with Crippen LogP contribution in [0.25, 0.3) is 11.0 Å². The van der Waals surface area contributed by atoms with Gasteiger partial charge in [0.15, 0.2) is 0 Å². The number of carbonyl (C=O) groups excluding carboxylic acids is 3. The maximum absolute atomic E-state index is 12.1. The van der Waals surface area contributed by atoms with Gasteiger partial charge in [0, 0.05) is 30.2 Å². The molecule has 3 rings (SSSR count). The van der Waals surface area contributed by atoms with E-state index < -0.39 is 5.92 Å². The lowest BCUT2D eigenvalue weighted by molar-refractivity contribution is -0.134. The molecule has 1 fully saturated rings. The number of imide groups is 1. The summed E-state index contributed by atoms with van der Waals surface area (Å²) in [6, 6.07) is 5.27. The van der Waals surface area contributed by atoms with Crippen molar-refractivity contribution < 1.29 is 23.5 Å². The molecule has 0 aliphatic carbocycles. The highest BCUT2D eigenvalue weighted by atomic mass is 16.5. The Bertz CT molecular complexity index is 795. The number of fused-ring (bicyclic) bond motifs is 1. The third-order valence-corrected chi connectivity index (χ3v) is 4.04. The lowest BCUT2D eigenvalue weighted by Crippen LogP contribution is -2.39. The predicted molar refractivity (Wildman–Crippen MR) is 86.5 cm³/mol. The number of hydrogen-bond donors (Lipinski definition) is 2. The Morgan fingerprint density at radius 2 is 2.25 bits per heavy atom. The van der Waals surface area contributed by atoms with E-state index in [1.807, 2.05) is 0 Å². The molecule has 1 atom stereocenters. The first-order chi connectivity index (χ1) is 11.6. The standard InChI is InChI=1S/C17H18N2O5/c1-23-7-6-16(21)18-10-2-4-14-12(8-10)13(9-24-14)11-3-5-15(20)19-17(11)22/h2,4,8-9,11H,3,5-7H2,1H3,(H,18,21)(H,19,20,22). The first-order valence-electron chi connectivity index (χ1n) is 7.72. The Balaban J connectivity index is 1.85. The maximum atomic E-state index is 12.1. The van der Waals surface area contributed by atoms with Gasteiger partial charge in [-0.2, -0.15) is 0 Å². The molecule has 7 heteroatoms. The van der Waals surface area contributed by atoms with Crippen LogP contribution in [-0.2, 0) is 19.1 Å². The molecule has 1 aliphatic rings.